The predicted octanol–water partition coefficient (Wildman–Crippen LogP) is 5.52. The minimum atomic E-state index is -3.92. The van der Waals surface area contributed by atoms with Gasteiger partial charge in [-0.15, -0.1) is 0 Å². The number of aliphatic imine (C=N–C) groups is 1. The van der Waals surface area contributed by atoms with E-state index >= 15 is 0 Å². The summed E-state index contributed by atoms with van der Waals surface area (Å²) in [6.07, 6.45) is 7.46. The van der Waals surface area contributed by atoms with Crippen LogP contribution in [0.4, 0.5) is 8.78 Å². The van der Waals surface area contributed by atoms with E-state index in [9.17, 15) is 26.8 Å². The third kappa shape index (κ3) is 6.70. The summed E-state index contributed by atoms with van der Waals surface area (Å²) in [6, 6.07) is 19.9. The van der Waals surface area contributed by atoms with Gasteiger partial charge in [-0.25, -0.2) is 21.5 Å². The number of fused-ring (bicyclic) bond motifs is 1. The van der Waals surface area contributed by atoms with E-state index in [0.29, 0.717) is 28.0 Å². The number of allylic oxidation sites excluding steroid dienone is 1. The Hall–Kier alpha value is -5.36. The number of benzene rings is 3. The molecule has 2 aliphatic rings. The van der Waals surface area contributed by atoms with Crippen molar-refractivity contribution in [3.63, 3.8) is 0 Å². The van der Waals surface area contributed by atoms with Crippen molar-refractivity contribution in [1.82, 2.24) is 14.2 Å². The summed E-state index contributed by atoms with van der Waals surface area (Å²) >= 11 is 0. The Labute approximate surface area is 276 Å². The molecule has 0 saturated carbocycles. The van der Waals surface area contributed by atoms with Crippen molar-refractivity contribution in [2.45, 2.75) is 44.1 Å². The first-order chi connectivity index (χ1) is 23.0. The van der Waals surface area contributed by atoms with Crippen LogP contribution in [0.3, 0.4) is 0 Å². The number of rotatable bonds is 10. The van der Waals surface area contributed by atoms with E-state index in [4.69, 9.17) is 4.74 Å². The average molecular weight is 671 g/mol. The third-order valence-corrected chi connectivity index (χ3v) is 9.64. The first-order valence-corrected chi connectivity index (χ1v) is 16.7. The molecule has 0 bridgehead atoms. The van der Waals surface area contributed by atoms with E-state index in [1.165, 1.54) is 33.3 Å². The van der Waals surface area contributed by atoms with E-state index in [0.717, 1.165) is 12.1 Å². The molecule has 0 radical (unpaired) electrons. The van der Waals surface area contributed by atoms with Crippen LogP contribution in [0.25, 0.3) is 5.57 Å². The van der Waals surface area contributed by atoms with Crippen LogP contribution >= 0.6 is 0 Å². The minimum Gasteiger partial charge on any atom is -0.491 e. The molecular formula is C36H32F2N4O5S. The van der Waals surface area contributed by atoms with Crippen LogP contribution in [0, 0.1) is 17.6 Å². The van der Waals surface area contributed by atoms with Crippen molar-refractivity contribution in [2.75, 3.05) is 0 Å². The first kappa shape index (κ1) is 32.6. The zero-order chi connectivity index (χ0) is 34.0. The number of amides is 1. The lowest BCUT2D eigenvalue weighted by atomic mass is 9.91. The standard InChI is InChI=1S/C36H32F2N4O5S/c1-23(2)47-27-17-25(20-40-35(43)30-11-7-15-41(36(30)44)21-24-12-13-32(37)33(38)18-24)16-26(19-27)31-22-42(34-29(31)10-6-14-39-34)48(45,46)28-8-4-3-5-9-28/h3-19,22-23,29,34H,20-21H2,1-2H3,(H,40,43). The second-order valence-corrected chi connectivity index (χ2v) is 13.5. The van der Waals surface area contributed by atoms with Gasteiger partial charge in [0.25, 0.3) is 21.5 Å². The fraction of sp³-hybridized carbons (Fsp3) is 0.194. The summed E-state index contributed by atoms with van der Waals surface area (Å²) in [6.45, 7) is 3.74. The SMILES string of the molecule is CC(C)Oc1cc(CNC(=O)c2cccn(Cc3ccc(F)c(F)c3)c2=O)cc(C2=CN(S(=O)(=O)c3ccccc3)C3N=CC=CC23)c1. The van der Waals surface area contributed by atoms with E-state index in [1.54, 1.807) is 54.9 Å². The normalized spacial score (nSPS) is 16.9. The van der Waals surface area contributed by atoms with Crippen molar-refractivity contribution in [3.05, 3.63) is 148 Å². The summed E-state index contributed by atoms with van der Waals surface area (Å²) in [5, 5.41) is 2.79. The molecule has 0 saturated heterocycles. The van der Waals surface area contributed by atoms with Gasteiger partial charge in [0.05, 0.1) is 17.5 Å². The smallest absolute Gasteiger partial charge is 0.265 e. The number of sulfonamides is 1. The van der Waals surface area contributed by atoms with Gasteiger partial charge in [0, 0.05) is 31.1 Å². The topological polar surface area (TPSA) is 110 Å². The van der Waals surface area contributed by atoms with Gasteiger partial charge in [0.15, 0.2) is 11.6 Å². The third-order valence-electron chi connectivity index (χ3n) is 7.90. The number of pyridine rings is 1. The molecule has 1 aromatic heterocycles. The molecule has 3 aromatic carbocycles. The van der Waals surface area contributed by atoms with Crippen molar-refractivity contribution < 1.29 is 26.7 Å². The molecule has 9 nitrogen and oxygen atoms in total. The van der Waals surface area contributed by atoms with E-state index < -0.39 is 39.3 Å². The van der Waals surface area contributed by atoms with Crippen LogP contribution in [0.1, 0.15) is 40.9 Å². The van der Waals surface area contributed by atoms with E-state index in [1.807, 2.05) is 32.1 Å². The lowest BCUT2D eigenvalue weighted by Gasteiger charge is -2.26. The Morgan fingerprint density at radius 3 is 2.52 bits per heavy atom. The molecule has 0 aliphatic carbocycles. The number of nitrogens with zero attached hydrogens (tertiary/aromatic N) is 3. The Bertz CT molecular complexity index is 2130. The highest BCUT2D eigenvalue weighted by Crippen LogP contribution is 2.42. The van der Waals surface area contributed by atoms with Crippen LogP contribution in [0.2, 0.25) is 0 Å². The molecular weight excluding hydrogens is 638 g/mol. The van der Waals surface area contributed by atoms with Gasteiger partial charge in [-0.1, -0.05) is 30.3 Å². The average Bonchev–Trinajstić information content (AvgIpc) is 3.47. The number of ether oxygens (including phenoxy) is 1. The number of carbonyl (C=O) groups is 1. The van der Waals surface area contributed by atoms with Crippen LogP contribution < -0.4 is 15.6 Å². The Morgan fingerprint density at radius 2 is 1.77 bits per heavy atom. The number of carbonyl (C=O) groups excluding carboxylic acids is 1. The van der Waals surface area contributed by atoms with Gasteiger partial charge in [-0.2, -0.15) is 0 Å². The van der Waals surface area contributed by atoms with Crippen LogP contribution in [-0.4, -0.2) is 41.7 Å². The predicted molar refractivity (Wildman–Crippen MR) is 178 cm³/mol. The minimum absolute atomic E-state index is 0.0278. The van der Waals surface area contributed by atoms with Gasteiger partial charge < -0.3 is 14.6 Å². The summed E-state index contributed by atoms with van der Waals surface area (Å²) in [7, 11) is -3.92. The van der Waals surface area contributed by atoms with Crippen molar-refractivity contribution >= 4 is 27.7 Å². The maximum atomic E-state index is 13.7. The van der Waals surface area contributed by atoms with Crippen molar-refractivity contribution in [1.29, 1.82) is 0 Å². The van der Waals surface area contributed by atoms with E-state index in [-0.39, 0.29) is 35.6 Å². The number of hydrogen-bond acceptors (Lipinski definition) is 6. The quantitative estimate of drug-likeness (QED) is 0.239. The van der Waals surface area contributed by atoms with Crippen molar-refractivity contribution in [2.24, 2.45) is 10.9 Å². The molecule has 2 aliphatic heterocycles. The highest BCUT2D eigenvalue weighted by Gasteiger charge is 2.41. The molecule has 12 heteroatoms. The number of hydrogen-bond donors (Lipinski definition) is 1. The molecule has 1 N–H and O–H groups in total. The number of aromatic nitrogens is 1. The highest BCUT2D eigenvalue weighted by atomic mass is 32.2. The molecule has 4 aromatic rings. The molecule has 48 heavy (non-hydrogen) atoms. The van der Waals surface area contributed by atoms with Crippen LogP contribution in [0.5, 0.6) is 5.75 Å². The molecule has 2 atom stereocenters. The number of nitrogens with one attached hydrogen (secondary N) is 1. The number of dihydropyridines is 1. The Kier molecular flexibility index (Phi) is 9.09. The largest absolute Gasteiger partial charge is 0.491 e. The summed E-state index contributed by atoms with van der Waals surface area (Å²) in [5.74, 6) is -2.50. The summed E-state index contributed by atoms with van der Waals surface area (Å²) in [4.78, 5) is 31.1. The van der Waals surface area contributed by atoms with Crippen LogP contribution in [0.15, 0.2) is 118 Å². The highest BCUT2D eigenvalue weighted by molar-refractivity contribution is 7.89. The van der Waals surface area contributed by atoms with Crippen LogP contribution in [-0.2, 0) is 23.1 Å². The van der Waals surface area contributed by atoms with Gasteiger partial charge in [-0.3, -0.25) is 14.6 Å². The zero-order valence-electron chi connectivity index (χ0n) is 26.1. The molecule has 0 fully saturated rings. The Balaban J connectivity index is 1.28. The molecule has 6 rings (SSSR count). The summed E-state index contributed by atoms with van der Waals surface area (Å²) < 4.78 is 63.0. The van der Waals surface area contributed by atoms with Gasteiger partial charge >= 0.3 is 0 Å². The maximum Gasteiger partial charge on any atom is 0.265 e. The summed E-state index contributed by atoms with van der Waals surface area (Å²) in [5.41, 5.74) is 1.69. The zero-order valence-corrected chi connectivity index (χ0v) is 26.9. The second kappa shape index (κ2) is 13.4. The second-order valence-electron chi connectivity index (χ2n) is 11.7. The molecule has 246 valence electrons. The maximum absolute atomic E-state index is 13.7. The molecule has 2 unspecified atom stereocenters. The lowest BCUT2D eigenvalue weighted by molar-refractivity contribution is 0.0948. The number of halogens is 2. The van der Waals surface area contributed by atoms with Gasteiger partial charge in [0.2, 0.25) is 0 Å². The fourth-order valence-corrected chi connectivity index (χ4v) is 7.16. The van der Waals surface area contributed by atoms with Gasteiger partial charge in [-0.05, 0) is 96.8 Å². The Morgan fingerprint density at radius 1 is 0.979 bits per heavy atom. The van der Waals surface area contributed by atoms with E-state index in [2.05, 4.69) is 10.3 Å². The monoisotopic (exact) mass is 670 g/mol. The molecule has 3 heterocycles. The van der Waals surface area contributed by atoms with Gasteiger partial charge in [0.1, 0.15) is 17.5 Å². The van der Waals surface area contributed by atoms with Crippen molar-refractivity contribution in [3.8, 4) is 5.75 Å². The molecule has 0 spiro atoms. The lowest BCUT2D eigenvalue weighted by Crippen LogP contribution is -2.35. The molecule has 1 amide bonds. The fourth-order valence-electron chi connectivity index (χ4n) is 5.70. The first-order valence-electron chi connectivity index (χ1n) is 15.2.